The summed E-state index contributed by atoms with van der Waals surface area (Å²) in [5.41, 5.74) is 3.34. The molecule has 0 aliphatic rings. The van der Waals surface area contributed by atoms with Gasteiger partial charge >= 0.3 is 0 Å². The Balaban J connectivity index is 1.69. The van der Waals surface area contributed by atoms with Crippen molar-refractivity contribution in [2.24, 2.45) is 0 Å². The lowest BCUT2D eigenvalue weighted by Gasteiger charge is -2.19. The van der Waals surface area contributed by atoms with Crippen molar-refractivity contribution in [2.45, 2.75) is 39.8 Å². The van der Waals surface area contributed by atoms with E-state index in [0.29, 0.717) is 13.0 Å². The van der Waals surface area contributed by atoms with Crippen LogP contribution in [0.5, 0.6) is 5.75 Å². The Labute approximate surface area is 155 Å². The second kappa shape index (κ2) is 8.05. The second-order valence-corrected chi connectivity index (χ2v) is 6.64. The van der Waals surface area contributed by atoms with Gasteiger partial charge in [0.05, 0.1) is 0 Å². The summed E-state index contributed by atoms with van der Waals surface area (Å²) >= 11 is 0. The first-order valence-corrected chi connectivity index (χ1v) is 9.06. The SMILES string of the molecule is CCC(Oc1ccc(C)cc1C)C(=O)NCc1cccc2ccccc12. The molecular formula is C23H25NO2. The fraction of sp³-hybridized carbons (Fsp3) is 0.261. The molecule has 1 N–H and O–H groups in total. The van der Waals surface area contributed by atoms with Crippen LogP contribution in [0.4, 0.5) is 0 Å². The molecule has 3 nitrogen and oxygen atoms in total. The van der Waals surface area contributed by atoms with Gasteiger partial charge in [0.25, 0.3) is 5.91 Å². The molecule has 3 aromatic rings. The molecule has 134 valence electrons. The molecule has 3 rings (SSSR count). The van der Waals surface area contributed by atoms with Gasteiger partial charge in [-0.25, -0.2) is 0 Å². The minimum Gasteiger partial charge on any atom is -0.480 e. The van der Waals surface area contributed by atoms with E-state index in [2.05, 4.69) is 35.6 Å². The molecule has 0 aliphatic carbocycles. The first kappa shape index (κ1) is 18.0. The summed E-state index contributed by atoms with van der Waals surface area (Å²) in [5.74, 6) is 0.683. The van der Waals surface area contributed by atoms with Gasteiger partial charge in [-0.1, -0.05) is 67.1 Å². The van der Waals surface area contributed by atoms with E-state index in [-0.39, 0.29) is 5.91 Å². The van der Waals surface area contributed by atoms with Gasteiger partial charge in [0.1, 0.15) is 5.75 Å². The van der Waals surface area contributed by atoms with E-state index in [9.17, 15) is 4.79 Å². The molecular weight excluding hydrogens is 322 g/mol. The number of rotatable bonds is 6. The minimum atomic E-state index is -0.494. The van der Waals surface area contributed by atoms with Crippen molar-refractivity contribution < 1.29 is 9.53 Å². The Morgan fingerprint density at radius 1 is 1.04 bits per heavy atom. The Hall–Kier alpha value is -2.81. The van der Waals surface area contributed by atoms with Crippen LogP contribution < -0.4 is 10.1 Å². The van der Waals surface area contributed by atoms with E-state index in [1.165, 1.54) is 16.3 Å². The maximum atomic E-state index is 12.6. The number of benzene rings is 3. The molecule has 0 bridgehead atoms. The largest absolute Gasteiger partial charge is 0.480 e. The summed E-state index contributed by atoms with van der Waals surface area (Å²) in [7, 11) is 0. The predicted octanol–water partition coefficient (Wildman–Crippen LogP) is 4.93. The summed E-state index contributed by atoms with van der Waals surface area (Å²) in [4.78, 5) is 12.6. The smallest absolute Gasteiger partial charge is 0.261 e. The van der Waals surface area contributed by atoms with E-state index < -0.39 is 6.10 Å². The Morgan fingerprint density at radius 2 is 1.81 bits per heavy atom. The number of hydrogen-bond donors (Lipinski definition) is 1. The minimum absolute atomic E-state index is 0.0830. The zero-order valence-electron chi connectivity index (χ0n) is 15.6. The molecule has 26 heavy (non-hydrogen) atoms. The average molecular weight is 347 g/mol. The van der Waals surface area contributed by atoms with Gasteiger partial charge in [0.2, 0.25) is 0 Å². The van der Waals surface area contributed by atoms with Crippen LogP contribution in [0.1, 0.15) is 30.0 Å². The lowest BCUT2D eigenvalue weighted by atomic mass is 10.0. The number of carbonyl (C=O) groups is 1. The van der Waals surface area contributed by atoms with E-state index in [1.54, 1.807) is 0 Å². The fourth-order valence-electron chi connectivity index (χ4n) is 3.15. The number of nitrogens with one attached hydrogen (secondary N) is 1. The van der Waals surface area contributed by atoms with Crippen molar-refractivity contribution in [3.8, 4) is 5.75 Å². The first-order chi connectivity index (χ1) is 12.6. The zero-order valence-corrected chi connectivity index (χ0v) is 15.6. The van der Waals surface area contributed by atoms with Crippen LogP contribution in [0.3, 0.4) is 0 Å². The van der Waals surface area contributed by atoms with Gasteiger partial charge in [0.15, 0.2) is 6.10 Å². The maximum Gasteiger partial charge on any atom is 0.261 e. The fourth-order valence-corrected chi connectivity index (χ4v) is 3.15. The van der Waals surface area contributed by atoms with Gasteiger partial charge in [-0.2, -0.15) is 0 Å². The topological polar surface area (TPSA) is 38.3 Å². The highest BCUT2D eigenvalue weighted by molar-refractivity contribution is 5.86. The molecule has 1 amide bonds. The highest BCUT2D eigenvalue weighted by Gasteiger charge is 2.19. The van der Waals surface area contributed by atoms with Crippen molar-refractivity contribution in [1.82, 2.24) is 5.32 Å². The second-order valence-electron chi connectivity index (χ2n) is 6.64. The summed E-state index contributed by atoms with van der Waals surface area (Å²) in [6.07, 6.45) is 0.126. The number of carbonyl (C=O) groups excluding carboxylic acids is 1. The van der Waals surface area contributed by atoms with Crippen LogP contribution in [-0.2, 0) is 11.3 Å². The van der Waals surface area contributed by atoms with Crippen molar-refractivity contribution in [3.05, 3.63) is 77.4 Å². The van der Waals surface area contributed by atoms with Crippen molar-refractivity contribution in [2.75, 3.05) is 0 Å². The summed E-state index contributed by atoms with van der Waals surface area (Å²) < 4.78 is 5.98. The zero-order chi connectivity index (χ0) is 18.5. The van der Waals surface area contributed by atoms with Gasteiger partial charge in [0, 0.05) is 6.54 Å². The number of fused-ring (bicyclic) bond motifs is 1. The molecule has 0 saturated heterocycles. The molecule has 3 heteroatoms. The van der Waals surface area contributed by atoms with E-state index in [1.807, 2.05) is 51.1 Å². The molecule has 0 aliphatic heterocycles. The van der Waals surface area contributed by atoms with Crippen LogP contribution in [0.2, 0.25) is 0 Å². The predicted molar refractivity (Wildman–Crippen MR) is 106 cm³/mol. The van der Waals surface area contributed by atoms with Crippen molar-refractivity contribution in [1.29, 1.82) is 0 Å². The normalized spacial score (nSPS) is 12.0. The van der Waals surface area contributed by atoms with Crippen molar-refractivity contribution in [3.63, 3.8) is 0 Å². The maximum absolute atomic E-state index is 12.6. The number of amides is 1. The first-order valence-electron chi connectivity index (χ1n) is 9.06. The lowest BCUT2D eigenvalue weighted by molar-refractivity contribution is -0.128. The van der Waals surface area contributed by atoms with Crippen LogP contribution in [-0.4, -0.2) is 12.0 Å². The molecule has 0 heterocycles. The van der Waals surface area contributed by atoms with Gasteiger partial charge in [-0.3, -0.25) is 4.79 Å². The standard InChI is InChI=1S/C23H25NO2/c1-4-21(26-22-13-12-16(2)14-17(22)3)23(25)24-15-19-10-7-9-18-8-5-6-11-20(18)19/h5-14,21H,4,15H2,1-3H3,(H,24,25). The molecule has 0 radical (unpaired) electrons. The average Bonchev–Trinajstić information content (AvgIpc) is 2.65. The van der Waals surface area contributed by atoms with Gasteiger partial charge < -0.3 is 10.1 Å². The summed E-state index contributed by atoms with van der Waals surface area (Å²) in [5, 5.41) is 5.37. The molecule has 0 saturated carbocycles. The van der Waals surface area contributed by atoms with E-state index >= 15 is 0 Å². The Morgan fingerprint density at radius 3 is 2.58 bits per heavy atom. The monoisotopic (exact) mass is 347 g/mol. The van der Waals surface area contributed by atoms with E-state index in [4.69, 9.17) is 4.74 Å². The van der Waals surface area contributed by atoms with Crippen molar-refractivity contribution >= 4 is 16.7 Å². The quantitative estimate of drug-likeness (QED) is 0.686. The van der Waals surface area contributed by atoms with Crippen LogP contribution >= 0.6 is 0 Å². The highest BCUT2D eigenvalue weighted by Crippen LogP contribution is 2.21. The highest BCUT2D eigenvalue weighted by atomic mass is 16.5. The third-order valence-electron chi connectivity index (χ3n) is 4.60. The third-order valence-corrected chi connectivity index (χ3v) is 4.60. The molecule has 1 atom stereocenters. The van der Waals surface area contributed by atoms with Gasteiger partial charge in [-0.15, -0.1) is 0 Å². The van der Waals surface area contributed by atoms with Crippen LogP contribution in [0.25, 0.3) is 10.8 Å². The Bertz CT molecular complexity index is 912. The lowest BCUT2D eigenvalue weighted by Crippen LogP contribution is -2.37. The Kier molecular flexibility index (Phi) is 5.57. The number of aryl methyl sites for hydroxylation is 2. The molecule has 0 spiro atoms. The van der Waals surface area contributed by atoms with Gasteiger partial charge in [-0.05, 0) is 48.2 Å². The summed E-state index contributed by atoms with van der Waals surface area (Å²) in [6, 6.07) is 20.4. The van der Waals surface area contributed by atoms with E-state index in [0.717, 1.165) is 16.9 Å². The molecule has 0 fully saturated rings. The summed E-state index contributed by atoms with van der Waals surface area (Å²) in [6.45, 7) is 6.51. The van der Waals surface area contributed by atoms with Crippen LogP contribution in [0, 0.1) is 13.8 Å². The molecule has 3 aromatic carbocycles. The molecule has 0 aromatic heterocycles. The number of ether oxygens (including phenoxy) is 1. The molecule has 1 unspecified atom stereocenters. The third kappa shape index (κ3) is 4.05. The van der Waals surface area contributed by atoms with Crippen LogP contribution in [0.15, 0.2) is 60.7 Å². The number of hydrogen-bond acceptors (Lipinski definition) is 2.